The first-order valence-corrected chi connectivity index (χ1v) is 11.7. The third kappa shape index (κ3) is 11.0. The van der Waals surface area contributed by atoms with Crippen molar-refractivity contribution in [2.24, 2.45) is 0 Å². The molecule has 0 radical (unpaired) electrons. The van der Waals surface area contributed by atoms with Gasteiger partial charge in [-0.3, -0.25) is 4.79 Å². The molecule has 26 heavy (non-hydrogen) atoms. The minimum atomic E-state index is 0.284. The van der Waals surface area contributed by atoms with Crippen LogP contribution in [0.15, 0.2) is 12.7 Å². The predicted molar refractivity (Wildman–Crippen MR) is 114 cm³/mol. The zero-order valence-corrected chi connectivity index (χ0v) is 17.7. The lowest BCUT2D eigenvalue weighted by Crippen LogP contribution is -2.34. The molecule has 2 nitrogen and oxygen atoms in total. The summed E-state index contributed by atoms with van der Waals surface area (Å²) < 4.78 is 0. The van der Waals surface area contributed by atoms with Crippen molar-refractivity contribution < 1.29 is 4.79 Å². The van der Waals surface area contributed by atoms with E-state index < -0.39 is 0 Å². The molecule has 1 saturated heterocycles. The summed E-state index contributed by atoms with van der Waals surface area (Å²) in [6.07, 6.45) is 25.9. The molecule has 2 heteroatoms. The van der Waals surface area contributed by atoms with Crippen molar-refractivity contribution >= 4 is 5.91 Å². The van der Waals surface area contributed by atoms with Gasteiger partial charge in [-0.25, -0.2) is 0 Å². The van der Waals surface area contributed by atoms with Gasteiger partial charge in [-0.05, 0) is 12.8 Å². The topological polar surface area (TPSA) is 20.3 Å². The first kappa shape index (κ1) is 23.2. The lowest BCUT2D eigenvalue weighted by molar-refractivity contribution is -0.129. The second-order valence-corrected chi connectivity index (χ2v) is 8.23. The molecule has 0 aromatic carbocycles. The zero-order chi connectivity index (χ0) is 18.9. The van der Waals surface area contributed by atoms with Crippen molar-refractivity contribution in [3.05, 3.63) is 12.7 Å². The number of hydrogen-bond acceptors (Lipinski definition) is 1. The molecule has 1 unspecified atom stereocenters. The Morgan fingerprint density at radius 3 is 1.69 bits per heavy atom. The molecule has 0 aromatic heterocycles. The lowest BCUT2D eigenvalue weighted by Gasteiger charge is -2.24. The Bertz CT molecular complexity index is 352. The molecule has 1 amide bonds. The Morgan fingerprint density at radius 2 is 1.31 bits per heavy atom. The molecule has 1 aliphatic rings. The monoisotopic (exact) mass is 363 g/mol. The molecular formula is C24H45NO. The van der Waals surface area contributed by atoms with E-state index in [1.165, 1.54) is 96.3 Å². The maximum atomic E-state index is 11.8. The van der Waals surface area contributed by atoms with Gasteiger partial charge in [-0.15, -0.1) is 6.58 Å². The molecule has 0 aromatic rings. The molecule has 0 saturated carbocycles. The molecule has 152 valence electrons. The highest BCUT2D eigenvalue weighted by Crippen LogP contribution is 2.19. The normalized spacial score (nSPS) is 15.6. The third-order valence-electron chi connectivity index (χ3n) is 5.89. The van der Waals surface area contributed by atoms with Crippen LogP contribution < -0.4 is 0 Å². The first-order chi connectivity index (χ1) is 12.8. The van der Waals surface area contributed by atoms with Crippen molar-refractivity contribution in [3.63, 3.8) is 0 Å². The summed E-state index contributed by atoms with van der Waals surface area (Å²) in [5.41, 5.74) is 0. The van der Waals surface area contributed by atoms with E-state index in [0.717, 1.165) is 25.8 Å². The smallest absolute Gasteiger partial charge is 0.223 e. The van der Waals surface area contributed by atoms with Gasteiger partial charge in [-0.2, -0.15) is 0 Å². The van der Waals surface area contributed by atoms with E-state index in [4.69, 9.17) is 0 Å². The van der Waals surface area contributed by atoms with Gasteiger partial charge in [0.2, 0.25) is 5.91 Å². The van der Waals surface area contributed by atoms with Crippen LogP contribution in [0.1, 0.15) is 122 Å². The van der Waals surface area contributed by atoms with Crippen LogP contribution in [0.4, 0.5) is 0 Å². The van der Waals surface area contributed by atoms with Gasteiger partial charge in [0.15, 0.2) is 0 Å². The quantitative estimate of drug-likeness (QED) is 0.183. The average molecular weight is 364 g/mol. The molecule has 1 heterocycles. The molecular weight excluding hydrogens is 318 g/mol. The van der Waals surface area contributed by atoms with Crippen molar-refractivity contribution in [3.8, 4) is 0 Å². The van der Waals surface area contributed by atoms with Crippen LogP contribution in [0.2, 0.25) is 0 Å². The average Bonchev–Trinajstić information content (AvgIpc) is 3.07. The summed E-state index contributed by atoms with van der Waals surface area (Å²) in [5.74, 6) is 0.329. The molecule has 0 aliphatic carbocycles. The number of rotatable bonds is 18. The van der Waals surface area contributed by atoms with E-state index >= 15 is 0 Å². The molecule has 1 fully saturated rings. The Hall–Kier alpha value is -0.790. The van der Waals surface area contributed by atoms with Crippen LogP contribution in [0.25, 0.3) is 0 Å². The number of likely N-dealkylation sites (tertiary alicyclic amines) is 1. The number of amides is 1. The molecule has 0 spiro atoms. The van der Waals surface area contributed by atoms with E-state index in [1.54, 1.807) is 0 Å². The van der Waals surface area contributed by atoms with E-state index in [0.29, 0.717) is 5.91 Å². The first-order valence-electron chi connectivity index (χ1n) is 11.7. The lowest BCUT2D eigenvalue weighted by atomic mass is 10.0. The summed E-state index contributed by atoms with van der Waals surface area (Å²) in [5, 5.41) is 0. The van der Waals surface area contributed by atoms with Crippen LogP contribution >= 0.6 is 0 Å². The Morgan fingerprint density at radius 1 is 0.846 bits per heavy atom. The maximum Gasteiger partial charge on any atom is 0.223 e. The van der Waals surface area contributed by atoms with E-state index in [2.05, 4.69) is 13.5 Å². The summed E-state index contributed by atoms with van der Waals surface area (Å²) >= 11 is 0. The van der Waals surface area contributed by atoms with Crippen LogP contribution in [-0.2, 0) is 4.79 Å². The molecule has 0 N–H and O–H groups in total. The number of hydrogen-bond donors (Lipinski definition) is 0. The number of carbonyl (C=O) groups is 1. The van der Waals surface area contributed by atoms with Gasteiger partial charge in [0.05, 0.1) is 0 Å². The van der Waals surface area contributed by atoms with Crippen molar-refractivity contribution in [1.82, 2.24) is 4.90 Å². The Kier molecular flexibility index (Phi) is 14.7. The fourth-order valence-electron chi connectivity index (χ4n) is 4.15. The molecule has 1 aliphatic heterocycles. The van der Waals surface area contributed by atoms with Gasteiger partial charge in [0.1, 0.15) is 0 Å². The Labute approximate surface area is 163 Å². The third-order valence-corrected chi connectivity index (χ3v) is 5.89. The molecule has 1 rings (SSSR count). The predicted octanol–water partition coefficient (Wildman–Crippen LogP) is 7.42. The van der Waals surface area contributed by atoms with Gasteiger partial charge in [-0.1, -0.05) is 109 Å². The number of carbonyl (C=O) groups excluding carboxylic acids is 1. The van der Waals surface area contributed by atoms with E-state index in [-0.39, 0.29) is 6.04 Å². The van der Waals surface area contributed by atoms with Crippen LogP contribution in [0.3, 0.4) is 0 Å². The van der Waals surface area contributed by atoms with Crippen molar-refractivity contribution in [2.75, 3.05) is 6.54 Å². The molecule has 0 bridgehead atoms. The summed E-state index contributed by atoms with van der Waals surface area (Å²) in [6, 6.07) is 0.284. The largest absolute Gasteiger partial charge is 0.336 e. The van der Waals surface area contributed by atoms with Crippen molar-refractivity contribution in [2.45, 2.75) is 129 Å². The van der Waals surface area contributed by atoms with E-state index in [9.17, 15) is 4.79 Å². The highest BCUT2D eigenvalue weighted by atomic mass is 16.2. The van der Waals surface area contributed by atoms with Gasteiger partial charge in [0, 0.05) is 19.0 Å². The summed E-state index contributed by atoms with van der Waals surface area (Å²) in [4.78, 5) is 13.9. The van der Waals surface area contributed by atoms with E-state index in [1.807, 2.05) is 11.0 Å². The van der Waals surface area contributed by atoms with Crippen LogP contribution in [0, 0.1) is 0 Å². The standard InChI is InChI=1S/C24H45NO/c1-3-5-6-7-8-9-10-11-12-13-14-15-16-17-18-20-23(4-2)25-22-19-21-24(25)26/h4,23H,2-3,5-22H2,1H3. The van der Waals surface area contributed by atoms with Crippen LogP contribution in [0.5, 0.6) is 0 Å². The van der Waals surface area contributed by atoms with Crippen molar-refractivity contribution in [1.29, 1.82) is 0 Å². The zero-order valence-electron chi connectivity index (χ0n) is 17.7. The minimum Gasteiger partial charge on any atom is -0.336 e. The fraction of sp³-hybridized carbons (Fsp3) is 0.875. The second kappa shape index (κ2) is 16.4. The summed E-state index contributed by atoms with van der Waals surface area (Å²) in [7, 11) is 0. The van der Waals surface area contributed by atoms with Gasteiger partial charge >= 0.3 is 0 Å². The SMILES string of the molecule is C=CC(CCCCCCCCCCCCCCCCC)N1CCCC1=O. The number of unbranched alkanes of at least 4 members (excludes halogenated alkanes) is 14. The fourth-order valence-corrected chi connectivity index (χ4v) is 4.15. The van der Waals surface area contributed by atoms with Gasteiger partial charge in [0.25, 0.3) is 0 Å². The highest BCUT2D eigenvalue weighted by molar-refractivity contribution is 5.78. The Balaban J connectivity index is 1.82. The highest BCUT2D eigenvalue weighted by Gasteiger charge is 2.25. The second-order valence-electron chi connectivity index (χ2n) is 8.23. The van der Waals surface area contributed by atoms with Crippen LogP contribution in [-0.4, -0.2) is 23.4 Å². The van der Waals surface area contributed by atoms with Gasteiger partial charge < -0.3 is 4.90 Å². The maximum absolute atomic E-state index is 11.8. The minimum absolute atomic E-state index is 0.284. The summed E-state index contributed by atoms with van der Waals surface area (Å²) in [6.45, 7) is 7.16. The molecule has 1 atom stereocenters. The number of nitrogens with zero attached hydrogens (tertiary/aromatic N) is 1.